The number of aliphatic hydroxyl groups excluding tert-OH is 4. The van der Waals surface area contributed by atoms with E-state index in [4.69, 9.17) is 18.9 Å². The third-order valence-electron chi connectivity index (χ3n) is 32.2. The number of hydrogen-bond acceptors (Lipinski definition) is 28. The molecule has 0 spiro atoms. The molecule has 8 bridgehead atoms. The summed E-state index contributed by atoms with van der Waals surface area (Å²) in [5, 5.41) is 59.3. The van der Waals surface area contributed by atoms with E-state index < -0.39 is 71.7 Å². The van der Waals surface area contributed by atoms with Crippen LogP contribution in [0.25, 0.3) is 0 Å². The minimum absolute atomic E-state index is 0.179. The first kappa shape index (κ1) is 90.1. The van der Waals surface area contributed by atoms with Crippen LogP contribution in [0.5, 0.6) is 23.0 Å². The highest BCUT2D eigenvalue weighted by atomic mass is 32.2. The van der Waals surface area contributed by atoms with E-state index in [1.165, 1.54) is 66.1 Å². The van der Waals surface area contributed by atoms with Crippen LogP contribution in [0.2, 0.25) is 0 Å². The van der Waals surface area contributed by atoms with E-state index in [1.807, 2.05) is 90.9 Å². The van der Waals surface area contributed by atoms with Crippen LogP contribution in [0.15, 0.2) is 239 Å². The van der Waals surface area contributed by atoms with Crippen LogP contribution in [-0.4, -0.2) is 255 Å². The number of ketones is 4. The molecule has 12 unspecified atom stereocenters. The molecule has 32 heteroatoms. The molecule has 8 aromatic carbocycles. The Bertz CT molecular complexity index is 5760. The lowest BCUT2D eigenvalue weighted by Crippen LogP contribution is -2.68. The van der Waals surface area contributed by atoms with Gasteiger partial charge >= 0.3 is 0 Å². The first-order chi connectivity index (χ1) is 68.4. The maximum Gasteiger partial charge on any atom is 0.251 e. The van der Waals surface area contributed by atoms with Gasteiger partial charge in [-0.25, -0.2) is 0 Å². The van der Waals surface area contributed by atoms with Crippen LogP contribution in [-0.2, 0) is 61.4 Å². The summed E-state index contributed by atoms with van der Waals surface area (Å²) < 4.78 is 26.0. The van der Waals surface area contributed by atoms with Gasteiger partial charge in [0.1, 0.15) is 47.4 Å². The highest BCUT2D eigenvalue weighted by Gasteiger charge is 2.58. The van der Waals surface area contributed by atoms with Gasteiger partial charge in [-0.1, -0.05) is 121 Å². The minimum atomic E-state index is -1.39. The van der Waals surface area contributed by atoms with E-state index in [-0.39, 0.29) is 47.8 Å². The molecule has 24 atom stereocenters. The van der Waals surface area contributed by atoms with Crippen molar-refractivity contribution in [3.8, 4) is 23.0 Å². The molecule has 4 N–H and O–H groups in total. The van der Waals surface area contributed by atoms with Gasteiger partial charge in [-0.3, -0.25) is 58.4 Å². The molecule has 8 fully saturated rings. The van der Waals surface area contributed by atoms with Crippen LogP contribution in [0.4, 0.5) is 0 Å². The fraction of sp³-hybridized carbons (Fsp3) is 0.407. The van der Waals surface area contributed by atoms with Gasteiger partial charge < -0.3 is 59.0 Å². The number of hydrogen-bond donors (Lipinski definition) is 4. The quantitative estimate of drug-likeness (QED) is 0.110. The number of carbonyl (C=O) groups is 8. The van der Waals surface area contributed by atoms with Crippen molar-refractivity contribution >= 4 is 93.8 Å². The molecule has 720 valence electrons. The van der Waals surface area contributed by atoms with Crippen molar-refractivity contribution in [3.05, 3.63) is 286 Å². The predicted molar refractivity (Wildman–Crippen MR) is 521 cm³/mol. The van der Waals surface area contributed by atoms with Gasteiger partial charge in [0.05, 0.1) is 77.3 Å². The monoisotopic (exact) mass is 1960 g/mol. The number of hydrazine groups is 4. The maximum absolute atomic E-state index is 13.6. The minimum Gasteiger partial charge on any atom is -0.493 e. The second kappa shape index (κ2) is 36.6. The highest BCUT2D eigenvalue weighted by molar-refractivity contribution is 7.99. The molecule has 28 nitrogen and oxygen atoms in total. The van der Waals surface area contributed by atoms with Gasteiger partial charge in [-0.2, -0.15) is 20.0 Å². The Kier molecular flexibility index (Phi) is 23.6. The molecule has 16 aliphatic heterocycles. The summed E-state index contributed by atoms with van der Waals surface area (Å²) in [5.41, 5.74) is 13.8. The van der Waals surface area contributed by atoms with E-state index >= 15 is 0 Å². The fourth-order valence-electron chi connectivity index (χ4n) is 24.1. The predicted octanol–water partition coefficient (Wildman–Crippen LogP) is 11.8. The number of nitrogens with zero attached hydrogens (tertiary/aromatic N) is 12. The summed E-state index contributed by atoms with van der Waals surface area (Å²) in [6.07, 6.45) is 14.7. The van der Waals surface area contributed by atoms with Crippen LogP contribution >= 0.6 is 47.0 Å². The van der Waals surface area contributed by atoms with Gasteiger partial charge in [0, 0.05) is 140 Å². The lowest BCUT2D eigenvalue weighted by atomic mass is 9.92. The number of thioether (sulfide) groups is 4. The Balaban J connectivity index is 0.0000000985. The number of fused-ring (bicyclic) bond motifs is 32. The lowest BCUT2D eigenvalue weighted by Gasteiger charge is -2.52. The van der Waals surface area contributed by atoms with E-state index in [9.17, 15) is 58.8 Å². The Morgan fingerprint density at radius 1 is 0.264 bits per heavy atom. The van der Waals surface area contributed by atoms with Crippen LogP contribution in [0.1, 0.15) is 142 Å². The van der Waals surface area contributed by atoms with E-state index in [1.54, 1.807) is 44.8 Å². The normalized spacial score (nSPS) is 33.2. The van der Waals surface area contributed by atoms with Gasteiger partial charge in [0.15, 0.2) is 47.3 Å². The van der Waals surface area contributed by atoms with Crippen molar-refractivity contribution < 1.29 is 77.7 Å². The summed E-state index contributed by atoms with van der Waals surface area (Å²) in [4.78, 5) is 116. The SMILES string of the molecule is O=C1C=CN2C(C(=O)N3CC[C@@H]4C[C@H]4COc4cccc5c4[C@@H](c4ccccc4SC5)N2C3)C1O.O=C1C=CN2C(C(=O)N3CC[C@@H]4C[C@H]4COc4cccc5c4[C@H](c4ccccc4SC5)N2C3)C1O.O=C1C=CN2C(C(=O)N3CC[C@H]4C[C@@H]4COc4cccc5c4[C@@H](c4ccccc4SC5)N2C3)C1O.O=C1C=CN2C(C(=O)N3CC[C@H]4C[C@@H]4COc4cccc5c4[C@H](c4ccccc4SC5)N2C3)C1O. The molecule has 0 radical (unpaired) electrons. The highest BCUT2D eigenvalue weighted by Crippen LogP contribution is 2.57. The smallest absolute Gasteiger partial charge is 0.251 e. The molecule has 4 aliphatic carbocycles. The second-order valence-corrected chi connectivity index (χ2v) is 44.4. The first-order valence-electron chi connectivity index (χ1n) is 49.2. The second-order valence-electron chi connectivity index (χ2n) is 40.3. The third-order valence-corrected chi connectivity index (χ3v) is 36.8. The standard InChI is InChI=1S/4C27H27N3O4S/c4*31-20-9-11-29-25(26(20)32)27(33)28-10-8-16-12-18(16)13-34-21-6-3-4-17-14-35-22-7-2-1-5-19(22)24(23(17)21)30(29)15-28/h4*1-7,9,11,16,18,24-26,32H,8,10,12-15H2/t2*16-,18+,24+,25?,26?;2*16-,18+,24-,25?,26?/m1010/s1. The van der Waals surface area contributed by atoms with Gasteiger partial charge in [0.25, 0.3) is 23.6 Å². The summed E-state index contributed by atoms with van der Waals surface area (Å²) in [7, 11) is 0. The van der Waals surface area contributed by atoms with E-state index in [0.29, 0.717) is 127 Å². The van der Waals surface area contributed by atoms with Crippen molar-refractivity contribution in [1.29, 1.82) is 0 Å². The molecule has 8 aromatic rings. The zero-order chi connectivity index (χ0) is 94.7. The number of amides is 4. The molecular weight excluding hydrogens is 1850 g/mol. The Morgan fingerprint density at radius 3 is 0.714 bits per heavy atom. The average molecular weight is 1960 g/mol. The van der Waals surface area contributed by atoms with Crippen LogP contribution < -0.4 is 18.9 Å². The lowest BCUT2D eigenvalue weighted by molar-refractivity contribution is -0.185. The zero-order valence-electron chi connectivity index (χ0n) is 77.0. The molecule has 16 heterocycles. The molecule has 0 aromatic heterocycles. The topological polar surface area (TPSA) is 293 Å². The third kappa shape index (κ3) is 16.1. The summed E-state index contributed by atoms with van der Waals surface area (Å²) in [5.74, 6) is 8.61. The maximum atomic E-state index is 13.6. The molecule has 20 aliphatic rings. The summed E-state index contributed by atoms with van der Waals surface area (Å²) in [6.45, 7) is 6.76. The van der Waals surface area contributed by atoms with Gasteiger partial charge in [-0.15, -0.1) is 47.0 Å². The molecule has 4 saturated heterocycles. The summed E-state index contributed by atoms with van der Waals surface area (Å²) >= 11 is 7.23. The Labute approximate surface area is 827 Å². The van der Waals surface area contributed by atoms with Crippen molar-refractivity contribution in [1.82, 2.24) is 59.7 Å². The number of aliphatic hydroxyl groups is 4. The first-order valence-corrected chi connectivity index (χ1v) is 53.1. The zero-order valence-corrected chi connectivity index (χ0v) is 80.3. The van der Waals surface area contributed by atoms with E-state index in [0.717, 1.165) is 142 Å². The number of carbonyl (C=O) groups excluding carboxylic acids is 8. The number of benzene rings is 8. The molecular formula is C108H108N12O16S4. The Hall–Kier alpha value is -11.2. The average Bonchev–Trinajstić information content (AvgIpc) is 1.63. The number of ether oxygens (including phenoxy) is 4. The van der Waals surface area contributed by atoms with Gasteiger partial charge in [0.2, 0.25) is 0 Å². The van der Waals surface area contributed by atoms with E-state index in [2.05, 4.69) is 166 Å². The molecule has 140 heavy (non-hydrogen) atoms. The number of rotatable bonds is 0. The fourth-order valence-corrected chi connectivity index (χ4v) is 28.5. The van der Waals surface area contributed by atoms with Gasteiger partial charge in [-0.05, 0) is 192 Å². The molecule has 4 saturated carbocycles. The molecule has 28 rings (SSSR count). The van der Waals surface area contributed by atoms with Crippen molar-refractivity contribution in [2.24, 2.45) is 47.3 Å². The Morgan fingerprint density at radius 2 is 0.486 bits per heavy atom. The van der Waals surface area contributed by atoms with Crippen molar-refractivity contribution in [3.63, 3.8) is 0 Å². The van der Waals surface area contributed by atoms with Crippen molar-refractivity contribution in [2.75, 3.05) is 79.3 Å². The summed E-state index contributed by atoms with van der Waals surface area (Å²) in [6, 6.07) is 54.0. The van der Waals surface area contributed by atoms with Crippen LogP contribution in [0, 0.1) is 47.3 Å². The molecule has 4 amide bonds. The van der Waals surface area contributed by atoms with Crippen LogP contribution in [0.3, 0.4) is 0 Å². The van der Waals surface area contributed by atoms with Crippen molar-refractivity contribution in [2.45, 2.75) is 167 Å². The largest absolute Gasteiger partial charge is 0.493 e.